The van der Waals surface area contributed by atoms with Crippen molar-refractivity contribution in [1.82, 2.24) is 58.9 Å². The van der Waals surface area contributed by atoms with E-state index < -0.39 is 12.1 Å². The summed E-state index contributed by atoms with van der Waals surface area (Å²) in [5, 5.41) is 5.01. The molecule has 12 rings (SSSR count). The molecule has 0 bridgehead atoms. The predicted molar refractivity (Wildman–Crippen MR) is 315 cm³/mol. The number of hydrogen-bond acceptors (Lipinski definition) is 11. The highest BCUT2D eigenvalue weighted by atomic mass is 79.9. The van der Waals surface area contributed by atoms with E-state index in [4.69, 9.17) is 37.9 Å². The van der Waals surface area contributed by atoms with Gasteiger partial charge in [-0.1, -0.05) is 35.3 Å². The van der Waals surface area contributed by atoms with Gasteiger partial charge in [-0.05, 0) is 179 Å². The molecule has 4 saturated heterocycles. The molecule has 2 aromatic carbocycles. The van der Waals surface area contributed by atoms with Crippen molar-refractivity contribution < 1.29 is 19.1 Å². The Hall–Kier alpha value is -5.21. The molecule has 0 saturated carbocycles. The average Bonchev–Trinajstić information content (AvgIpc) is 4.13. The number of imidazole rings is 2. The van der Waals surface area contributed by atoms with Gasteiger partial charge in [-0.25, -0.2) is 14.8 Å². The summed E-state index contributed by atoms with van der Waals surface area (Å²) in [6.07, 6.45) is 22.0. The standard InChI is InChI=1S/C32H38BrClN6O3.C28H32BrClN6O/c1-21(2)43-32(42)40-13-12-38(19-28(40)31(41)39-10-3-4-22(18-39)17-37-11-9-35-20-37)30-27-8-7-26(34)15-23(27)5-6-24-14-25(33)16-36-29(24)30;29-22-12-21-4-3-20-13-23(30)5-6-24(20)27(26(21)33-14-22)35-11-8-32-25(17-35)28(37)36-9-1-2-19(16-36)15-34-10-7-31-18-34/h7-9,11,14-16,20-22,28,30H,3-6,10,12-13,17-19H2,1-2H3;5-7,10,12-14,18-19,25,27,32H,1-4,8-9,11,15-17H2/t22-,28+,30+;19-,25+,27+/m00/s1. The number of nitrogens with one attached hydrogen (secondary N) is 1. The summed E-state index contributed by atoms with van der Waals surface area (Å²) in [7, 11) is 0. The third-order valence-corrected chi connectivity index (χ3v) is 18.1. The number of benzene rings is 2. The number of fused-ring (bicyclic) bond motifs is 4. The number of nitrogens with zero attached hydrogens (tertiary/aromatic N) is 11. The SMILES string of the molecule is CC(C)OC(=O)N1CCN([C@@H]2c3ccc(Cl)cc3CCc3cc(Br)cnc32)C[C@@H]1C(=O)N1CCC[C@@H](Cn2ccnc2)C1.O=C([C@H]1CN([C@@H]2c3ccc(Cl)cc3CCc3cc(Br)cnc32)CCN1)N1CCC[C@@H](Cn2ccnc2)C1. The van der Waals surface area contributed by atoms with Gasteiger partial charge in [0.15, 0.2) is 0 Å². The fraction of sp³-hybridized carbons (Fsp3) is 0.483. The van der Waals surface area contributed by atoms with Crippen LogP contribution in [0.1, 0.15) is 96.4 Å². The predicted octanol–water partition coefficient (Wildman–Crippen LogP) is 9.45. The minimum atomic E-state index is -0.662. The van der Waals surface area contributed by atoms with Gasteiger partial charge >= 0.3 is 6.09 Å². The molecule has 2 aliphatic carbocycles. The number of likely N-dealkylation sites (tertiary alicyclic amines) is 2. The van der Waals surface area contributed by atoms with E-state index in [1.54, 1.807) is 11.1 Å². The lowest BCUT2D eigenvalue weighted by molar-refractivity contribution is -0.141. The lowest BCUT2D eigenvalue weighted by Crippen LogP contribution is -2.62. The van der Waals surface area contributed by atoms with Crippen LogP contribution in [0, 0.1) is 11.8 Å². The van der Waals surface area contributed by atoms with Crippen LogP contribution in [0.3, 0.4) is 0 Å². The van der Waals surface area contributed by atoms with Gasteiger partial charge in [-0.3, -0.25) is 34.3 Å². The third-order valence-electron chi connectivity index (χ3n) is 16.8. The smallest absolute Gasteiger partial charge is 0.410 e. The van der Waals surface area contributed by atoms with Gasteiger partial charge in [0.25, 0.3) is 0 Å². The molecule has 6 aromatic rings. The Labute approximate surface area is 495 Å². The second kappa shape index (κ2) is 25.5. The average molecular weight is 1250 g/mol. The van der Waals surface area contributed by atoms with E-state index in [1.165, 1.54) is 27.8 Å². The summed E-state index contributed by atoms with van der Waals surface area (Å²) in [5.74, 6) is 0.985. The zero-order valence-corrected chi connectivity index (χ0v) is 50.2. The fourth-order valence-electron chi connectivity index (χ4n) is 13.1. The highest BCUT2D eigenvalue weighted by molar-refractivity contribution is 9.10. The number of pyridine rings is 2. The Morgan fingerprint density at radius 3 is 1.70 bits per heavy atom. The number of carbonyl (C=O) groups is 3. The van der Waals surface area contributed by atoms with Crippen LogP contribution >= 0.6 is 55.1 Å². The van der Waals surface area contributed by atoms with Crippen LogP contribution in [0.2, 0.25) is 10.0 Å². The third kappa shape index (κ3) is 13.0. The van der Waals surface area contributed by atoms with E-state index >= 15 is 0 Å². The van der Waals surface area contributed by atoms with Crippen LogP contribution in [0.5, 0.6) is 0 Å². The molecular weight excluding hydrogens is 1180 g/mol. The normalized spacial score (nSPS) is 23.4. The Balaban J connectivity index is 0.000000171. The van der Waals surface area contributed by atoms with E-state index in [-0.39, 0.29) is 36.0 Å². The fourth-order valence-corrected chi connectivity index (χ4v) is 14.3. The van der Waals surface area contributed by atoms with Crippen LogP contribution < -0.4 is 5.32 Å². The molecule has 1 N–H and O–H groups in total. The molecule has 3 amide bonds. The second-order valence-electron chi connectivity index (χ2n) is 22.6. The number of rotatable bonds is 9. The Kier molecular flexibility index (Phi) is 18.1. The molecule has 8 heterocycles. The molecule has 0 radical (unpaired) electrons. The minimum Gasteiger partial charge on any atom is -0.447 e. The van der Waals surface area contributed by atoms with Crippen LogP contribution in [0.15, 0.2) is 107 Å². The first-order valence-corrected chi connectivity index (χ1v) is 30.7. The Bertz CT molecular complexity index is 3040. The number of halogens is 4. The maximum absolute atomic E-state index is 14.4. The molecule has 422 valence electrons. The summed E-state index contributed by atoms with van der Waals surface area (Å²) in [5.41, 5.74) is 9.38. The molecule has 0 spiro atoms. The first-order chi connectivity index (χ1) is 38.8. The van der Waals surface area contributed by atoms with Gasteiger partial charge in [0, 0.05) is 135 Å². The number of piperidine rings is 2. The summed E-state index contributed by atoms with van der Waals surface area (Å²) < 4.78 is 11.8. The van der Waals surface area contributed by atoms with Crippen LogP contribution in [0.4, 0.5) is 4.79 Å². The van der Waals surface area contributed by atoms with Crippen molar-refractivity contribution in [2.75, 3.05) is 65.4 Å². The summed E-state index contributed by atoms with van der Waals surface area (Å²) in [4.78, 5) is 70.1. The molecule has 4 aliphatic heterocycles. The highest BCUT2D eigenvalue weighted by Crippen LogP contribution is 2.41. The summed E-state index contributed by atoms with van der Waals surface area (Å²) >= 11 is 20.1. The molecule has 6 aliphatic rings. The van der Waals surface area contributed by atoms with Crippen LogP contribution in [0.25, 0.3) is 0 Å². The molecule has 16 nitrogen and oxygen atoms in total. The molecule has 20 heteroatoms. The largest absolute Gasteiger partial charge is 0.447 e. The van der Waals surface area contributed by atoms with E-state index in [1.807, 2.05) is 74.5 Å². The maximum atomic E-state index is 14.4. The second-order valence-corrected chi connectivity index (χ2v) is 25.3. The quantitative estimate of drug-likeness (QED) is 0.148. The molecule has 0 unspecified atom stereocenters. The number of aryl methyl sites for hydroxylation is 4. The zero-order chi connectivity index (χ0) is 55.4. The molecule has 4 fully saturated rings. The molecule has 6 atom stereocenters. The Morgan fingerprint density at radius 2 is 1.18 bits per heavy atom. The van der Waals surface area contributed by atoms with Gasteiger partial charge in [0.1, 0.15) is 6.04 Å². The van der Waals surface area contributed by atoms with E-state index in [9.17, 15) is 14.4 Å². The number of piperazine rings is 2. The van der Waals surface area contributed by atoms with E-state index in [0.29, 0.717) is 56.1 Å². The van der Waals surface area contributed by atoms with Gasteiger partial charge in [-0.2, -0.15) is 0 Å². The number of aromatic nitrogens is 6. The first-order valence-electron chi connectivity index (χ1n) is 28.3. The van der Waals surface area contributed by atoms with Crippen molar-refractivity contribution in [3.63, 3.8) is 0 Å². The maximum Gasteiger partial charge on any atom is 0.410 e. The minimum absolute atomic E-state index is 0.00520. The van der Waals surface area contributed by atoms with E-state index in [2.05, 4.69) is 107 Å². The number of ether oxygens (including phenoxy) is 1. The lowest BCUT2D eigenvalue weighted by atomic mass is 9.94. The van der Waals surface area contributed by atoms with Crippen molar-refractivity contribution in [2.24, 2.45) is 11.8 Å². The number of carbonyl (C=O) groups excluding carboxylic acids is 3. The molecular formula is C60H70Br2Cl2N12O4. The lowest BCUT2D eigenvalue weighted by Gasteiger charge is -2.45. The van der Waals surface area contributed by atoms with Crippen LogP contribution in [-0.4, -0.2) is 155 Å². The number of hydrogen-bond donors (Lipinski definition) is 1. The van der Waals surface area contributed by atoms with Crippen molar-refractivity contribution >= 4 is 73.0 Å². The van der Waals surface area contributed by atoms with Crippen LogP contribution in [-0.2, 0) is 53.1 Å². The van der Waals surface area contributed by atoms with Gasteiger partial charge in [-0.15, -0.1) is 0 Å². The highest BCUT2D eigenvalue weighted by Gasteiger charge is 2.44. The molecule has 4 aromatic heterocycles. The summed E-state index contributed by atoms with van der Waals surface area (Å²) in [6, 6.07) is 15.6. The van der Waals surface area contributed by atoms with Gasteiger partial charge in [0.2, 0.25) is 11.8 Å². The first kappa shape index (κ1) is 56.6. The van der Waals surface area contributed by atoms with Gasteiger partial charge < -0.3 is 29.0 Å². The van der Waals surface area contributed by atoms with Crippen molar-refractivity contribution in [3.8, 4) is 0 Å². The summed E-state index contributed by atoms with van der Waals surface area (Å²) in [6.45, 7) is 12.0. The molecule has 80 heavy (non-hydrogen) atoms. The Morgan fingerprint density at radius 1 is 0.650 bits per heavy atom. The van der Waals surface area contributed by atoms with Crippen molar-refractivity contribution in [1.29, 1.82) is 0 Å². The van der Waals surface area contributed by atoms with Crippen molar-refractivity contribution in [2.45, 2.75) is 109 Å². The van der Waals surface area contributed by atoms with Gasteiger partial charge in [0.05, 0.1) is 48.3 Å². The zero-order valence-electron chi connectivity index (χ0n) is 45.5. The number of amides is 3. The van der Waals surface area contributed by atoms with Crippen molar-refractivity contribution in [3.05, 3.63) is 162 Å². The monoisotopic (exact) mass is 1250 g/mol. The topological polar surface area (TPSA) is 150 Å². The van der Waals surface area contributed by atoms with E-state index in [0.717, 1.165) is 122 Å².